The third-order valence-corrected chi connectivity index (χ3v) is 3.43. The number of carbonyl (C=O) groups is 3. The van der Waals surface area contributed by atoms with Gasteiger partial charge in [-0.25, -0.2) is 4.39 Å². The van der Waals surface area contributed by atoms with Crippen molar-refractivity contribution in [2.75, 3.05) is 5.32 Å². The van der Waals surface area contributed by atoms with Crippen LogP contribution in [0.3, 0.4) is 0 Å². The normalized spacial score (nSPS) is 10.5. The van der Waals surface area contributed by atoms with E-state index in [-0.39, 0.29) is 22.6 Å². The molecule has 5 nitrogen and oxygen atoms in total. The Morgan fingerprint density at radius 2 is 1.78 bits per heavy atom. The summed E-state index contributed by atoms with van der Waals surface area (Å²) < 4.78 is 13.2. The van der Waals surface area contributed by atoms with Crippen molar-refractivity contribution in [3.05, 3.63) is 65.1 Å². The molecule has 114 valence electrons. The number of aromatic nitrogens is 1. The largest absolute Gasteiger partial charge is 0.351 e. The smallest absolute Gasteiger partial charge is 0.272 e. The average Bonchev–Trinajstić information content (AvgIpc) is 2.97. The van der Waals surface area contributed by atoms with E-state index in [1.807, 2.05) is 0 Å². The van der Waals surface area contributed by atoms with E-state index in [4.69, 9.17) is 0 Å². The number of benzene rings is 2. The van der Waals surface area contributed by atoms with Crippen LogP contribution < -0.4 is 5.32 Å². The maximum absolute atomic E-state index is 13.2. The monoisotopic (exact) mass is 310 g/mol. The first-order chi connectivity index (χ1) is 11.1. The molecule has 3 aromatic rings. The van der Waals surface area contributed by atoms with Gasteiger partial charge in [0.1, 0.15) is 11.5 Å². The maximum Gasteiger partial charge on any atom is 0.272 e. The van der Waals surface area contributed by atoms with Crippen molar-refractivity contribution in [2.24, 2.45) is 0 Å². The molecule has 0 aliphatic carbocycles. The van der Waals surface area contributed by atoms with Gasteiger partial charge in [0.15, 0.2) is 12.6 Å². The van der Waals surface area contributed by atoms with Gasteiger partial charge in [0.05, 0.1) is 0 Å². The molecule has 0 fully saturated rings. The number of nitrogens with one attached hydrogen (secondary N) is 2. The van der Waals surface area contributed by atoms with Gasteiger partial charge in [0.2, 0.25) is 0 Å². The Hall–Kier alpha value is -3.28. The van der Waals surface area contributed by atoms with Crippen LogP contribution in [0, 0.1) is 5.82 Å². The standard InChI is InChI=1S/C17H11FN2O3/c18-13-2-4-15-11(5-13)7-16(20-15)17(23)19-14-3-1-10(8-21)12(6-14)9-22/h1-9,20H,(H,19,23). The number of halogens is 1. The third kappa shape index (κ3) is 2.87. The van der Waals surface area contributed by atoms with Gasteiger partial charge in [-0.2, -0.15) is 0 Å². The number of amides is 1. The van der Waals surface area contributed by atoms with Crippen LogP contribution in [0.4, 0.5) is 10.1 Å². The molecular weight excluding hydrogens is 299 g/mol. The molecule has 0 saturated heterocycles. The Morgan fingerprint density at radius 3 is 2.52 bits per heavy atom. The Balaban J connectivity index is 1.88. The molecule has 0 atom stereocenters. The van der Waals surface area contributed by atoms with E-state index in [9.17, 15) is 18.8 Å². The Bertz CT molecular complexity index is 931. The number of H-pyrrole nitrogens is 1. The molecule has 0 radical (unpaired) electrons. The van der Waals surface area contributed by atoms with Crippen LogP contribution in [-0.2, 0) is 0 Å². The van der Waals surface area contributed by atoms with Crippen LogP contribution in [0.15, 0.2) is 42.5 Å². The van der Waals surface area contributed by atoms with Crippen LogP contribution in [0.25, 0.3) is 10.9 Å². The van der Waals surface area contributed by atoms with Gasteiger partial charge in [0.25, 0.3) is 5.91 Å². The van der Waals surface area contributed by atoms with Gasteiger partial charge in [-0.15, -0.1) is 0 Å². The zero-order chi connectivity index (χ0) is 16.4. The van der Waals surface area contributed by atoms with Crippen molar-refractivity contribution in [1.29, 1.82) is 0 Å². The van der Waals surface area contributed by atoms with Crippen LogP contribution in [0.5, 0.6) is 0 Å². The molecular formula is C17H11FN2O3. The van der Waals surface area contributed by atoms with Gasteiger partial charge < -0.3 is 10.3 Å². The highest BCUT2D eigenvalue weighted by Crippen LogP contribution is 2.19. The van der Waals surface area contributed by atoms with Crippen LogP contribution in [-0.4, -0.2) is 23.5 Å². The van der Waals surface area contributed by atoms with Crippen LogP contribution in [0.1, 0.15) is 31.2 Å². The minimum absolute atomic E-state index is 0.191. The number of anilines is 1. The molecule has 1 aromatic heterocycles. The lowest BCUT2D eigenvalue weighted by molar-refractivity contribution is 0.102. The number of carbonyl (C=O) groups excluding carboxylic acids is 3. The summed E-state index contributed by atoms with van der Waals surface area (Å²) in [5.41, 5.74) is 1.72. The number of hydrogen-bond acceptors (Lipinski definition) is 3. The van der Waals surface area contributed by atoms with E-state index in [0.29, 0.717) is 29.2 Å². The Morgan fingerprint density at radius 1 is 1.00 bits per heavy atom. The molecule has 2 aromatic carbocycles. The summed E-state index contributed by atoms with van der Waals surface area (Å²) in [6.07, 6.45) is 1.12. The highest BCUT2D eigenvalue weighted by atomic mass is 19.1. The number of aldehydes is 2. The van der Waals surface area contributed by atoms with Crippen molar-refractivity contribution in [2.45, 2.75) is 0 Å². The zero-order valence-corrected chi connectivity index (χ0v) is 11.8. The number of hydrogen-bond donors (Lipinski definition) is 2. The number of rotatable bonds is 4. The van der Waals surface area contributed by atoms with Crippen LogP contribution >= 0.6 is 0 Å². The van der Waals surface area contributed by atoms with E-state index >= 15 is 0 Å². The van der Waals surface area contributed by atoms with E-state index in [1.54, 1.807) is 6.07 Å². The lowest BCUT2D eigenvalue weighted by atomic mass is 10.1. The van der Waals surface area contributed by atoms with Crippen molar-refractivity contribution in [1.82, 2.24) is 4.98 Å². The van der Waals surface area contributed by atoms with Gasteiger partial charge in [-0.05, 0) is 42.5 Å². The summed E-state index contributed by atoms with van der Waals surface area (Å²) >= 11 is 0. The second-order valence-electron chi connectivity index (χ2n) is 4.95. The second kappa shape index (κ2) is 5.84. The third-order valence-electron chi connectivity index (χ3n) is 3.43. The van der Waals surface area contributed by atoms with Gasteiger partial charge >= 0.3 is 0 Å². The molecule has 0 aliphatic rings. The maximum atomic E-state index is 13.2. The van der Waals surface area contributed by atoms with Crippen molar-refractivity contribution < 1.29 is 18.8 Å². The summed E-state index contributed by atoms with van der Waals surface area (Å²) in [6.45, 7) is 0. The van der Waals surface area contributed by atoms with Crippen molar-refractivity contribution in [3.8, 4) is 0 Å². The molecule has 6 heteroatoms. The average molecular weight is 310 g/mol. The first-order valence-corrected chi connectivity index (χ1v) is 6.75. The first-order valence-electron chi connectivity index (χ1n) is 6.75. The molecule has 0 saturated carbocycles. The van der Waals surface area contributed by atoms with E-state index in [2.05, 4.69) is 10.3 Å². The van der Waals surface area contributed by atoms with Gasteiger partial charge in [-0.1, -0.05) is 0 Å². The lowest BCUT2D eigenvalue weighted by Crippen LogP contribution is -2.12. The summed E-state index contributed by atoms with van der Waals surface area (Å²) in [5, 5.41) is 3.20. The topological polar surface area (TPSA) is 79.0 Å². The summed E-state index contributed by atoms with van der Waals surface area (Å²) in [7, 11) is 0. The SMILES string of the molecule is O=Cc1ccc(NC(=O)c2cc3cc(F)ccc3[nH]2)cc1C=O. The van der Waals surface area contributed by atoms with Crippen molar-refractivity contribution >= 4 is 35.1 Å². The van der Waals surface area contributed by atoms with Crippen LogP contribution in [0.2, 0.25) is 0 Å². The molecule has 0 spiro atoms. The molecule has 0 unspecified atom stereocenters. The van der Waals surface area contributed by atoms with E-state index < -0.39 is 5.91 Å². The predicted molar refractivity (Wildman–Crippen MR) is 83.4 cm³/mol. The molecule has 2 N–H and O–H groups in total. The fraction of sp³-hybridized carbons (Fsp3) is 0. The minimum Gasteiger partial charge on any atom is -0.351 e. The molecule has 0 aliphatic heterocycles. The second-order valence-corrected chi connectivity index (χ2v) is 4.95. The number of aromatic amines is 1. The fourth-order valence-electron chi connectivity index (χ4n) is 2.29. The minimum atomic E-state index is -0.433. The summed E-state index contributed by atoms with van der Waals surface area (Å²) in [6, 6.07) is 10.1. The molecule has 1 heterocycles. The summed E-state index contributed by atoms with van der Waals surface area (Å²) in [5.74, 6) is -0.819. The summed E-state index contributed by atoms with van der Waals surface area (Å²) in [4.78, 5) is 36.8. The highest BCUT2D eigenvalue weighted by molar-refractivity contribution is 6.06. The molecule has 1 amide bonds. The van der Waals surface area contributed by atoms with Gasteiger partial charge in [-0.3, -0.25) is 14.4 Å². The quantitative estimate of drug-likeness (QED) is 0.726. The van der Waals surface area contributed by atoms with Crippen molar-refractivity contribution in [3.63, 3.8) is 0 Å². The first kappa shape index (κ1) is 14.6. The predicted octanol–water partition coefficient (Wildman–Crippen LogP) is 3.18. The zero-order valence-electron chi connectivity index (χ0n) is 11.8. The fourth-order valence-corrected chi connectivity index (χ4v) is 2.29. The molecule has 23 heavy (non-hydrogen) atoms. The molecule has 3 rings (SSSR count). The van der Waals surface area contributed by atoms with E-state index in [0.717, 1.165) is 0 Å². The molecule has 0 bridgehead atoms. The lowest BCUT2D eigenvalue weighted by Gasteiger charge is -2.05. The number of fused-ring (bicyclic) bond motifs is 1. The van der Waals surface area contributed by atoms with Gasteiger partial charge in [0, 0.05) is 27.7 Å². The van der Waals surface area contributed by atoms with E-state index in [1.165, 1.54) is 36.4 Å². The highest BCUT2D eigenvalue weighted by Gasteiger charge is 2.11. The Labute approximate surface area is 130 Å². The Kier molecular flexibility index (Phi) is 3.72.